The minimum Gasteiger partial charge on any atom is -0.497 e. The average Bonchev–Trinajstić information content (AvgIpc) is 2.76. The van der Waals surface area contributed by atoms with Crippen LogP contribution in [0.3, 0.4) is 0 Å². The molecule has 19 heavy (non-hydrogen) atoms. The van der Waals surface area contributed by atoms with Gasteiger partial charge in [-0.1, -0.05) is 0 Å². The number of aromatic nitrogens is 2. The highest BCUT2D eigenvalue weighted by Gasteiger charge is 2.14. The fourth-order valence-electron chi connectivity index (χ4n) is 1.89. The molecule has 0 aliphatic carbocycles. The molecule has 0 amide bonds. The van der Waals surface area contributed by atoms with Crippen LogP contribution in [-0.4, -0.2) is 29.2 Å². The lowest BCUT2D eigenvalue weighted by Gasteiger charge is -2.07. The molecule has 0 unspecified atom stereocenters. The van der Waals surface area contributed by atoms with Gasteiger partial charge in [-0.3, -0.25) is 4.79 Å². The number of nitrogens with zero attached hydrogens (tertiary/aromatic N) is 2. The van der Waals surface area contributed by atoms with Gasteiger partial charge >= 0.3 is 5.97 Å². The monoisotopic (exact) mass is 282 g/mol. The number of ether oxygens (including phenoxy) is 2. The van der Waals surface area contributed by atoms with E-state index in [1.165, 1.54) is 0 Å². The molecule has 102 valence electrons. The number of imidazole rings is 1. The maximum atomic E-state index is 11.6. The molecule has 1 aromatic carbocycles. The van der Waals surface area contributed by atoms with Crippen molar-refractivity contribution in [1.82, 2.24) is 9.55 Å². The van der Waals surface area contributed by atoms with E-state index in [1.54, 1.807) is 18.6 Å². The molecule has 6 heteroatoms. The quantitative estimate of drug-likeness (QED) is 0.624. The highest BCUT2D eigenvalue weighted by Crippen LogP contribution is 2.22. The molecule has 0 spiro atoms. The van der Waals surface area contributed by atoms with Gasteiger partial charge in [-0.05, 0) is 19.1 Å². The second-order valence-electron chi connectivity index (χ2n) is 3.91. The minimum absolute atomic E-state index is 0.0968. The van der Waals surface area contributed by atoms with Crippen molar-refractivity contribution in [2.24, 2.45) is 0 Å². The van der Waals surface area contributed by atoms with Gasteiger partial charge in [0.15, 0.2) is 0 Å². The number of benzene rings is 1. The van der Waals surface area contributed by atoms with Gasteiger partial charge in [-0.25, -0.2) is 4.98 Å². The van der Waals surface area contributed by atoms with Crippen molar-refractivity contribution >= 4 is 28.6 Å². The summed E-state index contributed by atoms with van der Waals surface area (Å²) in [5.74, 6) is 1.27. The molecule has 0 fully saturated rings. The zero-order valence-corrected chi connectivity index (χ0v) is 11.6. The van der Waals surface area contributed by atoms with E-state index in [0.29, 0.717) is 18.2 Å². The van der Waals surface area contributed by atoms with Gasteiger partial charge in [0.25, 0.3) is 0 Å². The Hall–Kier alpha value is -1.75. The SMILES string of the molecule is CCOC(=O)Cn1c(CCl)nc2ccc(OC)cc21. The average molecular weight is 283 g/mol. The summed E-state index contributed by atoms with van der Waals surface area (Å²) in [6.45, 7) is 2.22. The van der Waals surface area contributed by atoms with Gasteiger partial charge in [-0.2, -0.15) is 0 Å². The molecule has 0 saturated heterocycles. The standard InChI is InChI=1S/C13H15ClN2O3/c1-3-19-13(17)8-16-11-6-9(18-2)4-5-10(11)15-12(16)7-14/h4-6H,3,7-8H2,1-2H3. The molecular formula is C13H15ClN2O3. The number of carbonyl (C=O) groups is 1. The van der Waals surface area contributed by atoms with Gasteiger partial charge in [0.2, 0.25) is 0 Å². The largest absolute Gasteiger partial charge is 0.497 e. The Balaban J connectivity index is 2.45. The maximum absolute atomic E-state index is 11.6. The molecule has 1 heterocycles. The van der Waals surface area contributed by atoms with Crippen LogP contribution in [0, 0.1) is 0 Å². The lowest BCUT2D eigenvalue weighted by atomic mass is 10.3. The smallest absolute Gasteiger partial charge is 0.326 e. The van der Waals surface area contributed by atoms with E-state index in [1.807, 2.05) is 18.2 Å². The van der Waals surface area contributed by atoms with Crippen molar-refractivity contribution in [1.29, 1.82) is 0 Å². The van der Waals surface area contributed by atoms with E-state index in [4.69, 9.17) is 21.1 Å². The number of carbonyl (C=O) groups excluding carboxylic acids is 1. The Bertz CT molecular complexity index is 595. The molecule has 5 nitrogen and oxygen atoms in total. The molecule has 0 saturated carbocycles. The summed E-state index contributed by atoms with van der Waals surface area (Å²) in [5, 5.41) is 0. The molecule has 2 rings (SSSR count). The normalized spacial score (nSPS) is 10.7. The summed E-state index contributed by atoms with van der Waals surface area (Å²) < 4.78 is 11.9. The van der Waals surface area contributed by atoms with E-state index in [0.717, 1.165) is 11.0 Å². The fourth-order valence-corrected chi connectivity index (χ4v) is 2.10. The van der Waals surface area contributed by atoms with E-state index in [9.17, 15) is 4.79 Å². The van der Waals surface area contributed by atoms with Crippen LogP contribution in [0.15, 0.2) is 18.2 Å². The third-order valence-corrected chi connectivity index (χ3v) is 2.99. The van der Waals surface area contributed by atoms with Crippen LogP contribution >= 0.6 is 11.6 Å². The van der Waals surface area contributed by atoms with Crippen molar-refractivity contribution in [2.45, 2.75) is 19.3 Å². The van der Waals surface area contributed by atoms with E-state index >= 15 is 0 Å². The second-order valence-corrected chi connectivity index (χ2v) is 4.17. The number of esters is 1. The van der Waals surface area contributed by atoms with Gasteiger partial charge in [0, 0.05) is 6.07 Å². The summed E-state index contributed by atoms with van der Waals surface area (Å²) in [7, 11) is 1.59. The molecule has 1 aromatic heterocycles. The number of hydrogen-bond donors (Lipinski definition) is 0. The number of fused-ring (bicyclic) bond motifs is 1. The van der Waals surface area contributed by atoms with Gasteiger partial charge in [-0.15, -0.1) is 11.6 Å². The van der Waals surface area contributed by atoms with Crippen LogP contribution < -0.4 is 4.74 Å². The Morgan fingerprint density at radius 2 is 2.26 bits per heavy atom. The zero-order valence-electron chi connectivity index (χ0n) is 10.9. The molecule has 2 aromatic rings. The summed E-state index contributed by atoms with van der Waals surface area (Å²) in [5.41, 5.74) is 1.59. The van der Waals surface area contributed by atoms with Crippen LogP contribution in [0.5, 0.6) is 5.75 Å². The lowest BCUT2D eigenvalue weighted by Crippen LogP contribution is -2.15. The predicted octanol–water partition coefficient (Wildman–Crippen LogP) is 2.35. The van der Waals surface area contributed by atoms with E-state index < -0.39 is 0 Å². The Morgan fingerprint density at radius 3 is 2.89 bits per heavy atom. The van der Waals surface area contributed by atoms with Crippen molar-refractivity contribution in [2.75, 3.05) is 13.7 Å². The number of rotatable bonds is 5. The zero-order chi connectivity index (χ0) is 13.8. The molecule has 0 atom stereocenters. The van der Waals surface area contributed by atoms with Crippen molar-refractivity contribution < 1.29 is 14.3 Å². The molecule has 0 radical (unpaired) electrons. The van der Waals surface area contributed by atoms with Crippen molar-refractivity contribution in [3.63, 3.8) is 0 Å². The third kappa shape index (κ3) is 2.81. The van der Waals surface area contributed by atoms with E-state index in [-0.39, 0.29) is 18.4 Å². The van der Waals surface area contributed by atoms with E-state index in [2.05, 4.69) is 4.98 Å². The first-order chi connectivity index (χ1) is 9.19. The highest BCUT2D eigenvalue weighted by atomic mass is 35.5. The molecular weight excluding hydrogens is 268 g/mol. The lowest BCUT2D eigenvalue weighted by molar-refractivity contribution is -0.143. The van der Waals surface area contributed by atoms with Crippen LogP contribution in [0.25, 0.3) is 11.0 Å². The third-order valence-electron chi connectivity index (χ3n) is 2.75. The number of halogens is 1. The first kappa shape index (κ1) is 13.7. The summed E-state index contributed by atoms with van der Waals surface area (Å²) in [4.78, 5) is 16.0. The molecule has 0 aliphatic heterocycles. The van der Waals surface area contributed by atoms with Gasteiger partial charge in [0.1, 0.15) is 18.1 Å². The molecule has 0 N–H and O–H groups in total. The summed E-state index contributed by atoms with van der Waals surface area (Å²) in [6, 6.07) is 5.49. The first-order valence-electron chi connectivity index (χ1n) is 5.94. The van der Waals surface area contributed by atoms with Crippen LogP contribution in [0.4, 0.5) is 0 Å². The Kier molecular flexibility index (Phi) is 4.27. The topological polar surface area (TPSA) is 53.4 Å². The fraction of sp³-hybridized carbons (Fsp3) is 0.385. The van der Waals surface area contributed by atoms with Gasteiger partial charge < -0.3 is 14.0 Å². The van der Waals surface area contributed by atoms with Crippen LogP contribution in [-0.2, 0) is 22.0 Å². The maximum Gasteiger partial charge on any atom is 0.326 e. The number of hydrogen-bond acceptors (Lipinski definition) is 4. The molecule has 0 aliphatic rings. The first-order valence-corrected chi connectivity index (χ1v) is 6.47. The Labute approximate surface area is 116 Å². The summed E-state index contributed by atoms with van der Waals surface area (Å²) in [6.07, 6.45) is 0. The van der Waals surface area contributed by atoms with Crippen molar-refractivity contribution in [3.05, 3.63) is 24.0 Å². The predicted molar refractivity (Wildman–Crippen MR) is 72.5 cm³/mol. The highest BCUT2D eigenvalue weighted by molar-refractivity contribution is 6.16. The van der Waals surface area contributed by atoms with Gasteiger partial charge in [0.05, 0.1) is 30.6 Å². The second kappa shape index (κ2) is 5.93. The van der Waals surface area contributed by atoms with Crippen molar-refractivity contribution in [3.8, 4) is 5.75 Å². The Morgan fingerprint density at radius 1 is 1.47 bits per heavy atom. The molecule has 0 bridgehead atoms. The number of alkyl halides is 1. The minimum atomic E-state index is -0.309. The van der Waals surface area contributed by atoms with Crippen LogP contribution in [0.2, 0.25) is 0 Å². The summed E-state index contributed by atoms with van der Waals surface area (Å²) >= 11 is 5.87. The number of methoxy groups -OCH3 is 1. The van der Waals surface area contributed by atoms with Crippen LogP contribution in [0.1, 0.15) is 12.7 Å².